The fraction of sp³-hybridized carbons (Fsp3) is 0.520. The number of rotatable bonds is 10. The molecule has 1 aromatic heterocycles. The summed E-state index contributed by atoms with van der Waals surface area (Å²) in [4.78, 5) is 19.3. The third kappa shape index (κ3) is 7.16. The van der Waals surface area contributed by atoms with Crippen molar-refractivity contribution >= 4 is 21.7 Å². The SMILES string of the molecule is CCc1cc(NC(=O)NCCN2CCC(N(CC)S(=O)(=O)c3ccc(OC)cc3)CC2)cc(C)n1. The van der Waals surface area contributed by atoms with E-state index in [-0.39, 0.29) is 17.0 Å². The molecule has 192 valence electrons. The molecule has 1 aliphatic rings. The topological polar surface area (TPSA) is 104 Å². The van der Waals surface area contributed by atoms with Crippen molar-refractivity contribution in [2.24, 2.45) is 0 Å². The first kappa shape index (κ1) is 26.9. The van der Waals surface area contributed by atoms with Gasteiger partial charge in [-0.2, -0.15) is 4.31 Å². The van der Waals surface area contributed by atoms with Crippen molar-refractivity contribution in [3.05, 3.63) is 47.8 Å². The Morgan fingerprint density at radius 3 is 2.46 bits per heavy atom. The molecule has 3 rings (SSSR count). The van der Waals surface area contributed by atoms with Crippen molar-refractivity contribution in [2.75, 3.05) is 45.2 Å². The molecular weight excluding hydrogens is 466 g/mol. The molecule has 0 atom stereocenters. The van der Waals surface area contributed by atoms with Crippen LogP contribution in [0, 0.1) is 6.92 Å². The maximum absolute atomic E-state index is 13.2. The highest BCUT2D eigenvalue weighted by atomic mass is 32.2. The van der Waals surface area contributed by atoms with E-state index in [0.717, 1.165) is 49.4 Å². The van der Waals surface area contributed by atoms with Crippen LogP contribution in [0.25, 0.3) is 0 Å². The summed E-state index contributed by atoms with van der Waals surface area (Å²) in [5, 5.41) is 5.78. The fourth-order valence-corrected chi connectivity index (χ4v) is 6.13. The first-order valence-corrected chi connectivity index (χ1v) is 13.6. The first-order chi connectivity index (χ1) is 16.8. The predicted molar refractivity (Wildman–Crippen MR) is 137 cm³/mol. The molecule has 10 heteroatoms. The molecule has 0 radical (unpaired) electrons. The van der Waals surface area contributed by atoms with Crippen molar-refractivity contribution in [2.45, 2.75) is 51.0 Å². The van der Waals surface area contributed by atoms with Gasteiger partial charge in [-0.25, -0.2) is 13.2 Å². The molecule has 1 aromatic carbocycles. The van der Waals surface area contributed by atoms with Gasteiger partial charge < -0.3 is 20.3 Å². The van der Waals surface area contributed by atoms with Gasteiger partial charge in [0.15, 0.2) is 0 Å². The molecular formula is C25H37N5O4S. The number of pyridine rings is 1. The molecule has 2 heterocycles. The second-order valence-corrected chi connectivity index (χ2v) is 10.6. The van der Waals surface area contributed by atoms with E-state index in [2.05, 4.69) is 20.5 Å². The Morgan fingerprint density at radius 1 is 1.17 bits per heavy atom. The predicted octanol–water partition coefficient (Wildman–Crippen LogP) is 3.26. The Kier molecular flexibility index (Phi) is 9.47. The van der Waals surface area contributed by atoms with Crippen molar-refractivity contribution in [1.82, 2.24) is 19.5 Å². The normalized spacial score (nSPS) is 15.2. The summed E-state index contributed by atoms with van der Waals surface area (Å²) in [5.41, 5.74) is 2.56. The number of benzene rings is 1. The standard InChI is InChI=1S/C25H37N5O4S/c1-5-20-18-21(17-19(3)27-20)28-25(31)26-13-16-29-14-11-22(12-15-29)30(6-2)35(32,33)24-9-7-23(34-4)8-10-24/h7-10,17-18,22H,5-6,11-16H2,1-4H3,(H2,26,27,28,31). The monoisotopic (exact) mass is 503 g/mol. The summed E-state index contributed by atoms with van der Waals surface area (Å²) in [5.74, 6) is 0.629. The smallest absolute Gasteiger partial charge is 0.319 e. The minimum atomic E-state index is -3.57. The Morgan fingerprint density at radius 2 is 1.86 bits per heavy atom. The van der Waals surface area contributed by atoms with Gasteiger partial charge in [0.25, 0.3) is 0 Å². The number of hydrogen-bond acceptors (Lipinski definition) is 6. The van der Waals surface area contributed by atoms with E-state index in [1.165, 1.54) is 0 Å². The van der Waals surface area contributed by atoms with Crippen molar-refractivity contribution in [3.8, 4) is 5.75 Å². The van der Waals surface area contributed by atoms with Crippen LogP contribution in [0.2, 0.25) is 0 Å². The number of carbonyl (C=O) groups excluding carboxylic acids is 1. The molecule has 1 fully saturated rings. The van der Waals surface area contributed by atoms with E-state index in [1.807, 2.05) is 32.9 Å². The molecule has 2 aromatic rings. The van der Waals surface area contributed by atoms with E-state index in [0.29, 0.717) is 25.4 Å². The molecule has 2 N–H and O–H groups in total. The van der Waals surface area contributed by atoms with Crippen LogP contribution in [0.4, 0.5) is 10.5 Å². The van der Waals surface area contributed by atoms with E-state index < -0.39 is 10.0 Å². The lowest BCUT2D eigenvalue weighted by Crippen LogP contribution is -2.48. The minimum Gasteiger partial charge on any atom is -0.497 e. The molecule has 0 unspecified atom stereocenters. The molecule has 2 amide bonds. The summed E-state index contributed by atoms with van der Waals surface area (Å²) >= 11 is 0. The largest absolute Gasteiger partial charge is 0.497 e. The number of aromatic nitrogens is 1. The molecule has 9 nitrogen and oxygen atoms in total. The summed E-state index contributed by atoms with van der Waals surface area (Å²) in [6.07, 6.45) is 2.32. The Hall–Kier alpha value is -2.69. The van der Waals surface area contributed by atoms with Crippen molar-refractivity contribution in [3.63, 3.8) is 0 Å². The van der Waals surface area contributed by atoms with E-state index in [9.17, 15) is 13.2 Å². The number of anilines is 1. The zero-order valence-corrected chi connectivity index (χ0v) is 21.9. The number of nitrogens with zero attached hydrogens (tertiary/aromatic N) is 3. The summed E-state index contributed by atoms with van der Waals surface area (Å²) in [6, 6.07) is 9.99. The highest BCUT2D eigenvalue weighted by Gasteiger charge is 2.32. The molecule has 0 saturated carbocycles. The molecule has 0 bridgehead atoms. The van der Waals surface area contributed by atoms with E-state index in [4.69, 9.17) is 4.74 Å². The van der Waals surface area contributed by atoms with Crippen LogP contribution in [0.15, 0.2) is 41.3 Å². The van der Waals surface area contributed by atoms with Crippen LogP contribution >= 0.6 is 0 Å². The van der Waals surface area contributed by atoms with Crippen LogP contribution in [0.3, 0.4) is 0 Å². The third-order valence-electron chi connectivity index (χ3n) is 6.28. The highest BCUT2D eigenvalue weighted by Crippen LogP contribution is 2.25. The lowest BCUT2D eigenvalue weighted by Gasteiger charge is -2.37. The maximum atomic E-state index is 13.2. The zero-order valence-electron chi connectivity index (χ0n) is 21.1. The van der Waals surface area contributed by atoms with Crippen molar-refractivity contribution < 1.29 is 17.9 Å². The number of aryl methyl sites for hydroxylation is 2. The lowest BCUT2D eigenvalue weighted by molar-refractivity contribution is 0.162. The van der Waals surface area contributed by atoms with Gasteiger partial charge in [-0.05, 0) is 75.7 Å². The Bertz CT molecular complexity index is 1080. The number of methoxy groups -OCH3 is 1. The van der Waals surface area contributed by atoms with Gasteiger partial charge in [-0.3, -0.25) is 4.98 Å². The second kappa shape index (κ2) is 12.3. The Balaban J connectivity index is 1.46. The van der Waals surface area contributed by atoms with Crippen LogP contribution < -0.4 is 15.4 Å². The number of carbonyl (C=O) groups is 1. The van der Waals surface area contributed by atoms with Crippen LogP contribution in [0.5, 0.6) is 5.75 Å². The first-order valence-electron chi connectivity index (χ1n) is 12.2. The number of nitrogens with one attached hydrogen (secondary N) is 2. The van der Waals surface area contributed by atoms with Crippen LogP contribution in [0.1, 0.15) is 38.1 Å². The molecule has 1 aliphatic heterocycles. The summed E-state index contributed by atoms with van der Waals surface area (Å²) < 4.78 is 33.2. The van der Waals surface area contributed by atoms with Gasteiger partial charge in [0.05, 0.1) is 12.0 Å². The summed E-state index contributed by atoms with van der Waals surface area (Å²) in [6.45, 7) is 9.05. The van der Waals surface area contributed by atoms with Gasteiger partial charge >= 0.3 is 6.03 Å². The molecule has 0 spiro atoms. The number of hydrogen-bond donors (Lipinski definition) is 2. The highest BCUT2D eigenvalue weighted by molar-refractivity contribution is 7.89. The van der Waals surface area contributed by atoms with Gasteiger partial charge in [-0.1, -0.05) is 13.8 Å². The lowest BCUT2D eigenvalue weighted by atomic mass is 10.1. The van der Waals surface area contributed by atoms with Crippen LogP contribution in [-0.2, 0) is 16.4 Å². The zero-order chi connectivity index (χ0) is 25.4. The quantitative estimate of drug-likeness (QED) is 0.516. The number of piperidine rings is 1. The number of ether oxygens (including phenoxy) is 1. The number of urea groups is 1. The van der Waals surface area contributed by atoms with E-state index >= 15 is 0 Å². The number of amides is 2. The van der Waals surface area contributed by atoms with Gasteiger partial charge in [0, 0.05) is 42.8 Å². The minimum absolute atomic E-state index is 0.0395. The number of likely N-dealkylation sites (tertiary alicyclic amines) is 1. The van der Waals surface area contributed by atoms with E-state index in [1.54, 1.807) is 35.7 Å². The van der Waals surface area contributed by atoms with Gasteiger partial charge in [0.2, 0.25) is 10.0 Å². The van der Waals surface area contributed by atoms with Gasteiger partial charge in [-0.15, -0.1) is 0 Å². The Labute approximate surface area is 208 Å². The molecule has 35 heavy (non-hydrogen) atoms. The maximum Gasteiger partial charge on any atom is 0.319 e. The second-order valence-electron chi connectivity index (χ2n) is 8.68. The fourth-order valence-electron chi connectivity index (χ4n) is 4.43. The molecule has 0 aliphatic carbocycles. The average Bonchev–Trinajstić information content (AvgIpc) is 2.85. The third-order valence-corrected chi connectivity index (χ3v) is 8.32. The van der Waals surface area contributed by atoms with Crippen molar-refractivity contribution in [1.29, 1.82) is 0 Å². The number of sulfonamides is 1. The van der Waals surface area contributed by atoms with Crippen LogP contribution in [-0.4, -0.2) is 74.5 Å². The summed E-state index contributed by atoms with van der Waals surface area (Å²) in [7, 11) is -2.01. The molecule has 1 saturated heterocycles. The average molecular weight is 504 g/mol. The van der Waals surface area contributed by atoms with Gasteiger partial charge in [0.1, 0.15) is 5.75 Å².